The van der Waals surface area contributed by atoms with Gasteiger partial charge in [0.05, 0.1) is 12.7 Å². The normalized spacial score (nSPS) is 20.1. The van der Waals surface area contributed by atoms with Gasteiger partial charge in [0.2, 0.25) is 5.91 Å². The molecule has 4 nitrogen and oxygen atoms in total. The summed E-state index contributed by atoms with van der Waals surface area (Å²) in [5, 5.41) is 0. The number of hydrogen-bond acceptors (Lipinski definition) is 3. The first-order chi connectivity index (χ1) is 10.9. The quantitative estimate of drug-likeness (QED) is 0.803. The van der Waals surface area contributed by atoms with Crippen LogP contribution >= 0.6 is 0 Å². The van der Waals surface area contributed by atoms with Crippen molar-refractivity contribution in [2.75, 3.05) is 20.3 Å². The molecule has 1 amide bonds. The average molecular weight is 319 g/mol. The Balaban J connectivity index is 1.89. The van der Waals surface area contributed by atoms with Crippen LogP contribution in [0.5, 0.6) is 5.75 Å². The highest BCUT2D eigenvalue weighted by molar-refractivity contribution is 5.73. The molecule has 0 aromatic heterocycles. The van der Waals surface area contributed by atoms with Crippen LogP contribution in [0.1, 0.15) is 45.6 Å². The van der Waals surface area contributed by atoms with Gasteiger partial charge in [-0.05, 0) is 56.7 Å². The summed E-state index contributed by atoms with van der Waals surface area (Å²) in [5.41, 5.74) is 1.10. The molecular weight excluding hydrogens is 290 g/mol. The SMILES string of the molecule is COc1ccc(CN(CCC2CCOC(C)(C)C2)C(C)=O)cc1. The molecule has 0 bridgehead atoms. The third-order valence-electron chi connectivity index (χ3n) is 4.58. The van der Waals surface area contributed by atoms with Gasteiger partial charge in [0, 0.05) is 26.6 Å². The lowest BCUT2D eigenvalue weighted by atomic mass is 9.86. The summed E-state index contributed by atoms with van der Waals surface area (Å²) < 4.78 is 11.0. The fourth-order valence-electron chi connectivity index (χ4n) is 3.24. The third kappa shape index (κ3) is 5.54. The lowest BCUT2D eigenvalue weighted by molar-refractivity contribution is -0.130. The Morgan fingerprint density at radius 3 is 2.61 bits per heavy atom. The number of methoxy groups -OCH3 is 1. The first kappa shape index (κ1) is 17.8. The van der Waals surface area contributed by atoms with Crippen molar-refractivity contribution in [1.29, 1.82) is 0 Å². The minimum atomic E-state index is -0.0278. The van der Waals surface area contributed by atoms with Crippen LogP contribution in [0, 0.1) is 5.92 Å². The van der Waals surface area contributed by atoms with E-state index in [1.54, 1.807) is 14.0 Å². The second-order valence-electron chi connectivity index (χ2n) is 7.04. The number of carbonyl (C=O) groups excluding carboxylic acids is 1. The van der Waals surface area contributed by atoms with Crippen LogP contribution in [0.4, 0.5) is 0 Å². The van der Waals surface area contributed by atoms with Gasteiger partial charge in [-0.1, -0.05) is 12.1 Å². The van der Waals surface area contributed by atoms with E-state index in [2.05, 4.69) is 13.8 Å². The van der Waals surface area contributed by atoms with Crippen molar-refractivity contribution in [3.8, 4) is 5.75 Å². The standard InChI is InChI=1S/C19H29NO3/c1-15(21)20(14-17-5-7-18(22-4)8-6-17)11-9-16-10-12-23-19(2,3)13-16/h5-8,16H,9-14H2,1-4H3. The van der Waals surface area contributed by atoms with Crippen LogP contribution in [0.3, 0.4) is 0 Å². The van der Waals surface area contributed by atoms with Gasteiger partial charge in [-0.2, -0.15) is 0 Å². The fourth-order valence-corrected chi connectivity index (χ4v) is 3.24. The Morgan fingerprint density at radius 2 is 2.04 bits per heavy atom. The summed E-state index contributed by atoms with van der Waals surface area (Å²) in [6, 6.07) is 7.92. The molecule has 1 unspecified atom stereocenters. The molecule has 0 aliphatic carbocycles. The Morgan fingerprint density at radius 1 is 1.35 bits per heavy atom. The highest BCUT2D eigenvalue weighted by Crippen LogP contribution is 2.30. The Bertz CT molecular complexity index is 510. The highest BCUT2D eigenvalue weighted by atomic mass is 16.5. The van der Waals surface area contributed by atoms with E-state index in [0.717, 1.165) is 43.7 Å². The van der Waals surface area contributed by atoms with Gasteiger partial charge < -0.3 is 14.4 Å². The third-order valence-corrected chi connectivity index (χ3v) is 4.58. The van der Waals surface area contributed by atoms with Gasteiger partial charge in [0.1, 0.15) is 5.75 Å². The number of carbonyl (C=O) groups is 1. The summed E-state index contributed by atoms with van der Waals surface area (Å²) >= 11 is 0. The minimum Gasteiger partial charge on any atom is -0.497 e. The van der Waals surface area contributed by atoms with E-state index in [0.29, 0.717) is 12.5 Å². The van der Waals surface area contributed by atoms with Gasteiger partial charge in [-0.25, -0.2) is 0 Å². The van der Waals surface area contributed by atoms with Gasteiger partial charge in [-0.15, -0.1) is 0 Å². The zero-order valence-corrected chi connectivity index (χ0v) is 14.8. The zero-order valence-electron chi connectivity index (χ0n) is 14.8. The van der Waals surface area contributed by atoms with Crippen molar-refractivity contribution >= 4 is 5.91 Å². The van der Waals surface area contributed by atoms with Crippen LogP contribution in [0.25, 0.3) is 0 Å². The molecule has 23 heavy (non-hydrogen) atoms. The first-order valence-electron chi connectivity index (χ1n) is 8.42. The van der Waals surface area contributed by atoms with Crippen LogP contribution in [-0.2, 0) is 16.1 Å². The predicted molar refractivity (Wildman–Crippen MR) is 91.5 cm³/mol. The molecule has 1 aliphatic rings. The second-order valence-corrected chi connectivity index (χ2v) is 7.04. The molecule has 1 heterocycles. The maximum Gasteiger partial charge on any atom is 0.219 e. The highest BCUT2D eigenvalue weighted by Gasteiger charge is 2.29. The van der Waals surface area contributed by atoms with E-state index in [1.165, 1.54) is 0 Å². The molecule has 1 aromatic carbocycles. The van der Waals surface area contributed by atoms with E-state index >= 15 is 0 Å². The van der Waals surface area contributed by atoms with E-state index in [1.807, 2.05) is 29.2 Å². The van der Waals surface area contributed by atoms with Gasteiger partial charge in [0.15, 0.2) is 0 Å². The van der Waals surface area contributed by atoms with Crippen molar-refractivity contribution in [3.05, 3.63) is 29.8 Å². The molecule has 1 aliphatic heterocycles. The number of amides is 1. The smallest absolute Gasteiger partial charge is 0.219 e. The van der Waals surface area contributed by atoms with Crippen LogP contribution in [-0.4, -0.2) is 36.7 Å². The summed E-state index contributed by atoms with van der Waals surface area (Å²) in [7, 11) is 1.66. The van der Waals surface area contributed by atoms with E-state index in [4.69, 9.17) is 9.47 Å². The number of benzene rings is 1. The lowest BCUT2D eigenvalue weighted by Gasteiger charge is -2.36. The van der Waals surface area contributed by atoms with Crippen LogP contribution in [0.2, 0.25) is 0 Å². The molecule has 0 radical (unpaired) electrons. The summed E-state index contributed by atoms with van der Waals surface area (Å²) in [6.45, 7) is 8.25. The van der Waals surface area contributed by atoms with Crippen molar-refractivity contribution in [2.24, 2.45) is 5.92 Å². The van der Waals surface area contributed by atoms with Gasteiger partial charge in [0.25, 0.3) is 0 Å². The van der Waals surface area contributed by atoms with E-state index in [9.17, 15) is 4.79 Å². The van der Waals surface area contributed by atoms with E-state index in [-0.39, 0.29) is 11.5 Å². The van der Waals surface area contributed by atoms with Crippen LogP contribution < -0.4 is 4.74 Å². The van der Waals surface area contributed by atoms with Gasteiger partial charge >= 0.3 is 0 Å². The largest absolute Gasteiger partial charge is 0.497 e. The molecule has 0 N–H and O–H groups in total. The molecule has 2 rings (SSSR count). The fraction of sp³-hybridized carbons (Fsp3) is 0.632. The van der Waals surface area contributed by atoms with Crippen molar-refractivity contribution in [1.82, 2.24) is 4.90 Å². The molecule has 1 fully saturated rings. The Hall–Kier alpha value is -1.55. The predicted octanol–water partition coefficient (Wildman–Crippen LogP) is 3.64. The molecule has 1 saturated heterocycles. The molecule has 0 saturated carbocycles. The molecule has 4 heteroatoms. The molecular formula is C19H29NO3. The Kier molecular flexibility index (Phi) is 6.05. The van der Waals surface area contributed by atoms with Crippen molar-refractivity contribution in [2.45, 2.75) is 52.2 Å². The van der Waals surface area contributed by atoms with Gasteiger partial charge in [-0.3, -0.25) is 4.79 Å². The molecule has 0 spiro atoms. The molecule has 1 aromatic rings. The minimum absolute atomic E-state index is 0.0278. The monoisotopic (exact) mass is 319 g/mol. The summed E-state index contributed by atoms with van der Waals surface area (Å²) in [6.07, 6.45) is 3.21. The Labute approximate surface area is 139 Å². The lowest BCUT2D eigenvalue weighted by Crippen LogP contribution is -2.36. The van der Waals surface area contributed by atoms with Crippen molar-refractivity contribution < 1.29 is 14.3 Å². The maximum atomic E-state index is 11.9. The molecule has 128 valence electrons. The number of ether oxygens (including phenoxy) is 2. The summed E-state index contributed by atoms with van der Waals surface area (Å²) in [4.78, 5) is 13.9. The number of rotatable bonds is 6. The maximum absolute atomic E-state index is 11.9. The first-order valence-corrected chi connectivity index (χ1v) is 8.42. The van der Waals surface area contributed by atoms with E-state index < -0.39 is 0 Å². The average Bonchev–Trinajstić information content (AvgIpc) is 2.51. The molecule has 1 atom stereocenters. The second kappa shape index (κ2) is 7.82. The van der Waals surface area contributed by atoms with Crippen molar-refractivity contribution in [3.63, 3.8) is 0 Å². The van der Waals surface area contributed by atoms with Crippen LogP contribution in [0.15, 0.2) is 24.3 Å². The number of nitrogens with zero attached hydrogens (tertiary/aromatic N) is 1. The summed E-state index contributed by atoms with van der Waals surface area (Å²) in [5.74, 6) is 1.61. The number of hydrogen-bond donors (Lipinski definition) is 0. The zero-order chi connectivity index (χ0) is 16.9. The topological polar surface area (TPSA) is 38.8 Å².